The number of ether oxygens (including phenoxy) is 1. The van der Waals surface area contributed by atoms with Gasteiger partial charge in [0.15, 0.2) is 6.61 Å². The number of amidine groups is 1. The number of nitrogens with one attached hydrogen (secondary N) is 1. The maximum atomic E-state index is 12.5. The van der Waals surface area contributed by atoms with E-state index in [0.717, 1.165) is 5.56 Å². The van der Waals surface area contributed by atoms with Crippen molar-refractivity contribution < 1.29 is 22.7 Å². The van der Waals surface area contributed by atoms with Crippen molar-refractivity contribution >= 4 is 27.7 Å². The predicted molar refractivity (Wildman–Crippen MR) is 111 cm³/mol. The highest BCUT2D eigenvalue weighted by molar-refractivity contribution is 7.90. The summed E-state index contributed by atoms with van der Waals surface area (Å²) in [5.41, 5.74) is 1.37. The molecule has 158 valence electrons. The summed E-state index contributed by atoms with van der Waals surface area (Å²) in [7, 11) is -3.67. The molecule has 0 saturated heterocycles. The van der Waals surface area contributed by atoms with E-state index >= 15 is 0 Å². The monoisotopic (exact) mass is 429 g/mol. The summed E-state index contributed by atoms with van der Waals surface area (Å²) in [5.74, 6) is -0.952. The van der Waals surface area contributed by atoms with Crippen molar-refractivity contribution in [1.82, 2.24) is 9.62 Å². The van der Waals surface area contributed by atoms with Crippen molar-refractivity contribution in [2.45, 2.75) is 31.3 Å². The van der Waals surface area contributed by atoms with Crippen molar-refractivity contribution in [2.24, 2.45) is 4.99 Å². The van der Waals surface area contributed by atoms with Crippen LogP contribution >= 0.6 is 0 Å². The molecule has 0 bridgehead atoms. The van der Waals surface area contributed by atoms with Crippen molar-refractivity contribution in [3.05, 3.63) is 65.7 Å². The molecule has 2 aromatic carbocycles. The quantitative estimate of drug-likeness (QED) is 0.675. The Labute approximate surface area is 175 Å². The van der Waals surface area contributed by atoms with Crippen LogP contribution in [0.5, 0.6) is 0 Å². The summed E-state index contributed by atoms with van der Waals surface area (Å²) >= 11 is 0. The zero-order valence-corrected chi connectivity index (χ0v) is 17.6. The van der Waals surface area contributed by atoms with Crippen LogP contribution < -0.4 is 4.72 Å². The minimum absolute atomic E-state index is 0.0685. The molecule has 30 heavy (non-hydrogen) atoms. The first-order valence-corrected chi connectivity index (χ1v) is 10.9. The van der Waals surface area contributed by atoms with Crippen LogP contribution in [0.3, 0.4) is 0 Å². The number of aliphatic imine (C=N–C) groups is 1. The van der Waals surface area contributed by atoms with Crippen molar-refractivity contribution in [2.75, 3.05) is 13.2 Å². The third-order valence-electron chi connectivity index (χ3n) is 4.53. The lowest BCUT2D eigenvalue weighted by Crippen LogP contribution is -2.39. The minimum Gasteiger partial charge on any atom is -0.454 e. The second kappa shape index (κ2) is 9.08. The number of hydrogen-bond donors (Lipinski definition) is 1. The molecule has 1 N–H and O–H groups in total. The predicted octanol–water partition coefficient (Wildman–Crippen LogP) is 1.71. The van der Waals surface area contributed by atoms with Crippen LogP contribution in [0.2, 0.25) is 0 Å². The summed E-state index contributed by atoms with van der Waals surface area (Å²) in [6, 6.07) is 15.8. The lowest BCUT2D eigenvalue weighted by Gasteiger charge is -2.26. The largest absolute Gasteiger partial charge is 0.454 e. The average molecular weight is 429 g/mol. The molecule has 0 aliphatic carbocycles. The summed E-state index contributed by atoms with van der Waals surface area (Å²) in [6.07, 6.45) is 0. The van der Waals surface area contributed by atoms with Gasteiger partial charge in [-0.1, -0.05) is 42.5 Å². The fourth-order valence-electron chi connectivity index (χ4n) is 3.00. The molecule has 0 atom stereocenters. The van der Waals surface area contributed by atoms with Gasteiger partial charge in [-0.3, -0.25) is 19.3 Å². The Balaban J connectivity index is 1.58. The highest BCUT2D eigenvalue weighted by atomic mass is 32.2. The van der Waals surface area contributed by atoms with E-state index in [1.165, 1.54) is 6.07 Å². The van der Waals surface area contributed by atoms with Crippen LogP contribution in [0.25, 0.3) is 0 Å². The molecule has 8 nitrogen and oxygen atoms in total. The van der Waals surface area contributed by atoms with Crippen molar-refractivity contribution in [3.8, 4) is 0 Å². The molecule has 1 amide bonds. The van der Waals surface area contributed by atoms with E-state index < -0.39 is 29.1 Å². The van der Waals surface area contributed by atoms with Gasteiger partial charge < -0.3 is 9.64 Å². The number of esters is 1. The number of amides is 1. The Bertz CT molecular complexity index is 1070. The number of nitrogens with zero attached hydrogens (tertiary/aromatic N) is 2. The maximum Gasteiger partial charge on any atom is 0.328 e. The molecular weight excluding hydrogens is 406 g/mol. The highest BCUT2D eigenvalue weighted by Crippen LogP contribution is 2.22. The van der Waals surface area contributed by atoms with E-state index in [1.807, 2.05) is 44.2 Å². The van der Waals surface area contributed by atoms with E-state index in [2.05, 4.69) is 9.71 Å². The lowest BCUT2D eigenvalue weighted by molar-refractivity contribution is -0.151. The van der Waals surface area contributed by atoms with Gasteiger partial charge in [0.05, 0.1) is 4.90 Å². The summed E-state index contributed by atoms with van der Waals surface area (Å²) in [6.45, 7) is 3.38. The number of fused-ring (bicyclic) bond motifs is 1. The molecule has 1 aliphatic heterocycles. The van der Waals surface area contributed by atoms with Crippen molar-refractivity contribution in [3.63, 3.8) is 0 Å². The zero-order chi connectivity index (χ0) is 21.7. The molecule has 0 saturated carbocycles. The van der Waals surface area contributed by atoms with Gasteiger partial charge in [-0.05, 0) is 31.5 Å². The van der Waals surface area contributed by atoms with E-state index in [4.69, 9.17) is 4.74 Å². The second-order valence-corrected chi connectivity index (χ2v) is 8.68. The van der Waals surface area contributed by atoms with E-state index in [1.54, 1.807) is 23.1 Å². The van der Waals surface area contributed by atoms with Crippen LogP contribution in [0.15, 0.2) is 64.5 Å². The maximum absolute atomic E-state index is 12.5. The first-order valence-electron chi connectivity index (χ1n) is 9.43. The standard InChI is InChI=1S/C21H23N3O5S/c1-15(2)24(13-16-8-4-3-5-9-16)19(25)14-29-20(26)12-22-21-17-10-6-7-11-18(17)30(27,28)23-21/h3-11,15H,12-14H2,1-2H3,(H,22,23). The highest BCUT2D eigenvalue weighted by Gasteiger charge is 2.30. The molecule has 1 heterocycles. The molecule has 0 spiro atoms. The van der Waals surface area contributed by atoms with Gasteiger partial charge in [-0.2, -0.15) is 0 Å². The third-order valence-corrected chi connectivity index (χ3v) is 5.92. The van der Waals surface area contributed by atoms with E-state index in [0.29, 0.717) is 12.1 Å². The van der Waals surface area contributed by atoms with Crippen molar-refractivity contribution in [1.29, 1.82) is 0 Å². The number of hydrogen-bond acceptors (Lipinski definition) is 6. The molecule has 3 rings (SSSR count). The van der Waals surface area contributed by atoms with E-state index in [-0.39, 0.29) is 22.7 Å². The molecule has 0 aromatic heterocycles. The summed E-state index contributed by atoms with van der Waals surface area (Å²) in [4.78, 5) is 30.3. The first-order chi connectivity index (χ1) is 14.3. The Kier molecular flexibility index (Phi) is 6.51. The van der Waals surface area contributed by atoms with Crippen LogP contribution in [0.1, 0.15) is 25.0 Å². The number of carbonyl (C=O) groups excluding carboxylic acids is 2. The van der Waals surface area contributed by atoms with Crippen LogP contribution in [0.4, 0.5) is 0 Å². The fraction of sp³-hybridized carbons (Fsp3) is 0.286. The Morgan fingerprint density at radius 3 is 2.43 bits per heavy atom. The second-order valence-electron chi connectivity index (χ2n) is 7.03. The Morgan fingerprint density at radius 2 is 1.73 bits per heavy atom. The Hall–Kier alpha value is -3.20. The average Bonchev–Trinajstić information content (AvgIpc) is 2.99. The molecule has 2 aromatic rings. The summed E-state index contributed by atoms with van der Waals surface area (Å²) in [5, 5.41) is 0. The van der Waals surface area contributed by atoms with Gasteiger partial charge in [0, 0.05) is 18.2 Å². The lowest BCUT2D eigenvalue weighted by atomic mass is 10.2. The third kappa shape index (κ3) is 5.04. The first kappa shape index (κ1) is 21.5. The number of benzene rings is 2. The van der Waals surface area contributed by atoms with Crippen LogP contribution in [-0.2, 0) is 30.9 Å². The fourth-order valence-corrected chi connectivity index (χ4v) is 4.26. The number of carbonyl (C=O) groups is 2. The molecule has 0 fully saturated rings. The molecular formula is C21H23N3O5S. The van der Waals surface area contributed by atoms with Gasteiger partial charge in [-0.15, -0.1) is 0 Å². The smallest absolute Gasteiger partial charge is 0.328 e. The number of sulfonamides is 1. The SMILES string of the molecule is CC(C)N(Cc1ccccc1)C(=O)COC(=O)CN=C1NS(=O)(=O)c2ccccc21. The van der Waals surface area contributed by atoms with E-state index in [9.17, 15) is 18.0 Å². The van der Waals surface area contributed by atoms with Gasteiger partial charge in [0.2, 0.25) is 0 Å². The molecule has 0 unspecified atom stereocenters. The van der Waals surface area contributed by atoms with Gasteiger partial charge in [-0.25, -0.2) is 8.42 Å². The topological polar surface area (TPSA) is 105 Å². The summed E-state index contributed by atoms with van der Waals surface area (Å²) < 4.78 is 31.5. The minimum atomic E-state index is -3.67. The van der Waals surface area contributed by atoms with Crippen LogP contribution in [0, 0.1) is 0 Å². The molecule has 9 heteroatoms. The van der Waals surface area contributed by atoms with Gasteiger partial charge in [0.1, 0.15) is 12.4 Å². The Morgan fingerprint density at radius 1 is 1.07 bits per heavy atom. The van der Waals surface area contributed by atoms with Gasteiger partial charge >= 0.3 is 5.97 Å². The zero-order valence-electron chi connectivity index (χ0n) is 16.7. The molecule has 0 radical (unpaired) electrons. The number of rotatable bonds is 7. The normalized spacial score (nSPS) is 15.5. The van der Waals surface area contributed by atoms with Gasteiger partial charge in [0.25, 0.3) is 15.9 Å². The van der Waals surface area contributed by atoms with Crippen LogP contribution in [-0.4, -0.2) is 50.2 Å². The molecule has 1 aliphatic rings.